The van der Waals surface area contributed by atoms with Crippen LogP contribution in [0, 0.1) is 5.41 Å². The molecule has 1 N–H and O–H groups in total. The van der Waals surface area contributed by atoms with Crippen molar-refractivity contribution in [2.24, 2.45) is 5.41 Å². The molecular weight excluding hydrogens is 188 g/mol. The standard InChI is InChI=1S/C12H22N2O/c1-3-5-12(6-7-12)11(15)14-8-4-10(9-14)13-2/h10,13H,3-9H2,1-2H3. The van der Waals surface area contributed by atoms with E-state index in [0.717, 1.165) is 45.2 Å². The van der Waals surface area contributed by atoms with Crippen molar-refractivity contribution in [1.82, 2.24) is 10.2 Å². The zero-order valence-electron chi connectivity index (χ0n) is 9.88. The monoisotopic (exact) mass is 210 g/mol. The van der Waals surface area contributed by atoms with E-state index in [1.807, 2.05) is 7.05 Å². The lowest BCUT2D eigenvalue weighted by molar-refractivity contribution is -0.136. The van der Waals surface area contributed by atoms with Crippen molar-refractivity contribution in [2.75, 3.05) is 20.1 Å². The lowest BCUT2D eigenvalue weighted by Crippen LogP contribution is -2.38. The van der Waals surface area contributed by atoms with Crippen LogP contribution in [-0.4, -0.2) is 37.0 Å². The Labute approximate surface area is 92.2 Å². The number of hydrogen-bond donors (Lipinski definition) is 1. The SMILES string of the molecule is CCCC1(C(=O)N2CCC(NC)C2)CC1. The molecule has 3 nitrogen and oxygen atoms in total. The topological polar surface area (TPSA) is 32.3 Å². The molecule has 0 bridgehead atoms. The fraction of sp³-hybridized carbons (Fsp3) is 0.917. The Hall–Kier alpha value is -0.570. The Kier molecular flexibility index (Phi) is 3.01. The van der Waals surface area contributed by atoms with Gasteiger partial charge in [0.1, 0.15) is 0 Å². The molecular formula is C12H22N2O. The fourth-order valence-corrected chi connectivity index (χ4v) is 2.72. The molecule has 1 heterocycles. The van der Waals surface area contributed by atoms with E-state index in [1.54, 1.807) is 0 Å². The summed E-state index contributed by atoms with van der Waals surface area (Å²) < 4.78 is 0. The van der Waals surface area contributed by atoms with E-state index in [2.05, 4.69) is 17.1 Å². The highest BCUT2D eigenvalue weighted by Crippen LogP contribution is 2.51. The zero-order chi connectivity index (χ0) is 10.9. The van der Waals surface area contributed by atoms with Gasteiger partial charge in [0, 0.05) is 24.5 Å². The fourth-order valence-electron chi connectivity index (χ4n) is 2.72. The molecule has 2 rings (SSSR count). The third-order valence-electron chi connectivity index (χ3n) is 3.92. The number of carbonyl (C=O) groups is 1. The van der Waals surface area contributed by atoms with Gasteiger partial charge >= 0.3 is 0 Å². The van der Waals surface area contributed by atoms with Gasteiger partial charge in [0.25, 0.3) is 0 Å². The normalized spacial score (nSPS) is 28.1. The summed E-state index contributed by atoms with van der Waals surface area (Å²) in [6, 6.07) is 0.520. The third kappa shape index (κ3) is 2.03. The largest absolute Gasteiger partial charge is 0.341 e. The molecule has 1 atom stereocenters. The predicted octanol–water partition coefficient (Wildman–Crippen LogP) is 1.39. The van der Waals surface area contributed by atoms with Gasteiger partial charge in [-0.3, -0.25) is 4.79 Å². The summed E-state index contributed by atoms with van der Waals surface area (Å²) in [6.45, 7) is 4.05. The van der Waals surface area contributed by atoms with Gasteiger partial charge in [-0.1, -0.05) is 13.3 Å². The molecule has 0 radical (unpaired) electrons. The average molecular weight is 210 g/mol. The third-order valence-corrected chi connectivity index (χ3v) is 3.92. The second-order valence-corrected chi connectivity index (χ2v) is 5.06. The van der Waals surface area contributed by atoms with Crippen molar-refractivity contribution >= 4 is 5.91 Å². The summed E-state index contributed by atoms with van der Waals surface area (Å²) in [5.41, 5.74) is 0.0668. The molecule has 3 heteroatoms. The van der Waals surface area contributed by atoms with Crippen molar-refractivity contribution < 1.29 is 4.79 Å². The van der Waals surface area contributed by atoms with Gasteiger partial charge in [-0.15, -0.1) is 0 Å². The highest BCUT2D eigenvalue weighted by atomic mass is 16.2. The van der Waals surface area contributed by atoms with E-state index >= 15 is 0 Å². The molecule has 1 aliphatic carbocycles. The van der Waals surface area contributed by atoms with Gasteiger partial charge in [0.15, 0.2) is 0 Å². The maximum atomic E-state index is 12.3. The summed E-state index contributed by atoms with van der Waals surface area (Å²) in [5.74, 6) is 0.433. The number of hydrogen-bond acceptors (Lipinski definition) is 2. The van der Waals surface area contributed by atoms with Crippen LogP contribution in [0.1, 0.15) is 39.0 Å². The number of nitrogens with one attached hydrogen (secondary N) is 1. The minimum absolute atomic E-state index is 0.0668. The molecule has 0 spiro atoms. The number of likely N-dealkylation sites (tertiary alicyclic amines) is 1. The van der Waals surface area contributed by atoms with Crippen LogP contribution in [0.25, 0.3) is 0 Å². The first-order valence-corrected chi connectivity index (χ1v) is 6.18. The average Bonchev–Trinajstić information content (AvgIpc) is 2.87. The van der Waals surface area contributed by atoms with E-state index in [4.69, 9.17) is 0 Å². The summed E-state index contributed by atoms with van der Waals surface area (Å²) >= 11 is 0. The van der Waals surface area contributed by atoms with E-state index < -0.39 is 0 Å². The number of carbonyl (C=O) groups excluding carboxylic acids is 1. The Balaban J connectivity index is 1.92. The van der Waals surface area contributed by atoms with Crippen molar-refractivity contribution in [3.63, 3.8) is 0 Å². The molecule has 0 aromatic rings. The zero-order valence-corrected chi connectivity index (χ0v) is 9.88. The number of likely N-dealkylation sites (N-methyl/N-ethyl adjacent to an activating group) is 1. The van der Waals surface area contributed by atoms with Crippen LogP contribution in [-0.2, 0) is 4.79 Å². The smallest absolute Gasteiger partial charge is 0.228 e. The van der Waals surface area contributed by atoms with Gasteiger partial charge in [0.2, 0.25) is 5.91 Å². The van der Waals surface area contributed by atoms with Crippen LogP contribution < -0.4 is 5.32 Å². The Morgan fingerprint density at radius 3 is 2.73 bits per heavy atom. The van der Waals surface area contributed by atoms with E-state index in [1.165, 1.54) is 0 Å². The molecule has 0 aromatic heterocycles. The second-order valence-electron chi connectivity index (χ2n) is 5.06. The molecule has 1 amide bonds. The van der Waals surface area contributed by atoms with Crippen LogP contribution >= 0.6 is 0 Å². The first-order valence-electron chi connectivity index (χ1n) is 6.18. The number of nitrogens with zero attached hydrogens (tertiary/aromatic N) is 1. The van der Waals surface area contributed by atoms with Gasteiger partial charge in [-0.05, 0) is 32.7 Å². The lowest BCUT2D eigenvalue weighted by Gasteiger charge is -2.22. The van der Waals surface area contributed by atoms with Gasteiger partial charge in [0.05, 0.1) is 0 Å². The van der Waals surface area contributed by atoms with E-state index in [0.29, 0.717) is 11.9 Å². The van der Waals surface area contributed by atoms with Crippen molar-refractivity contribution in [3.05, 3.63) is 0 Å². The van der Waals surface area contributed by atoms with Gasteiger partial charge in [-0.25, -0.2) is 0 Å². The van der Waals surface area contributed by atoms with Crippen molar-refractivity contribution in [3.8, 4) is 0 Å². The molecule has 2 fully saturated rings. The Morgan fingerprint density at radius 1 is 1.53 bits per heavy atom. The highest BCUT2D eigenvalue weighted by molar-refractivity contribution is 5.85. The molecule has 1 aliphatic heterocycles. The first-order chi connectivity index (χ1) is 7.22. The molecule has 0 aromatic carbocycles. The Bertz CT molecular complexity index is 248. The van der Waals surface area contributed by atoms with Crippen molar-refractivity contribution in [2.45, 2.75) is 45.1 Å². The first kappa shape index (κ1) is 10.9. The van der Waals surface area contributed by atoms with Crippen LogP contribution in [0.2, 0.25) is 0 Å². The van der Waals surface area contributed by atoms with Crippen LogP contribution in [0.5, 0.6) is 0 Å². The van der Waals surface area contributed by atoms with Gasteiger partial charge in [-0.2, -0.15) is 0 Å². The Morgan fingerprint density at radius 2 is 2.27 bits per heavy atom. The van der Waals surface area contributed by atoms with Crippen LogP contribution in [0.15, 0.2) is 0 Å². The lowest BCUT2D eigenvalue weighted by atomic mass is 9.99. The number of rotatable bonds is 4. The minimum Gasteiger partial charge on any atom is -0.341 e. The maximum absolute atomic E-state index is 12.3. The highest BCUT2D eigenvalue weighted by Gasteiger charge is 2.51. The van der Waals surface area contributed by atoms with E-state index in [9.17, 15) is 4.79 Å². The molecule has 2 aliphatic rings. The summed E-state index contributed by atoms with van der Waals surface area (Å²) in [5, 5.41) is 3.26. The molecule has 86 valence electrons. The van der Waals surface area contributed by atoms with Gasteiger partial charge < -0.3 is 10.2 Å². The summed E-state index contributed by atoms with van der Waals surface area (Å²) in [4.78, 5) is 14.4. The molecule has 1 unspecified atom stereocenters. The van der Waals surface area contributed by atoms with Crippen LogP contribution in [0.4, 0.5) is 0 Å². The second kappa shape index (κ2) is 4.12. The maximum Gasteiger partial charge on any atom is 0.228 e. The van der Waals surface area contributed by atoms with E-state index in [-0.39, 0.29) is 5.41 Å². The molecule has 1 saturated carbocycles. The summed E-state index contributed by atoms with van der Waals surface area (Å²) in [7, 11) is 1.98. The van der Waals surface area contributed by atoms with Crippen LogP contribution in [0.3, 0.4) is 0 Å². The number of amides is 1. The summed E-state index contributed by atoms with van der Waals surface area (Å²) in [6.07, 6.45) is 5.59. The quantitative estimate of drug-likeness (QED) is 0.760. The minimum atomic E-state index is 0.0668. The predicted molar refractivity (Wildman–Crippen MR) is 60.6 cm³/mol. The van der Waals surface area contributed by atoms with Crippen molar-refractivity contribution in [1.29, 1.82) is 0 Å². The molecule has 15 heavy (non-hydrogen) atoms. The molecule has 1 saturated heterocycles.